The molecule has 2 unspecified atom stereocenters. The molecular weight excluding hydrogens is 240 g/mol. The van der Waals surface area contributed by atoms with E-state index in [1.54, 1.807) is 6.92 Å². The third-order valence-electron chi connectivity index (χ3n) is 3.92. The fraction of sp³-hybridized carbons (Fsp3) is 0.533. The predicted molar refractivity (Wildman–Crippen MR) is 76.5 cm³/mol. The second-order valence-corrected chi connectivity index (χ2v) is 5.40. The van der Waals surface area contributed by atoms with Crippen LogP contribution in [0.25, 0.3) is 0 Å². The normalized spacial score (nSPS) is 21.3. The Bertz CT molecular complexity index is 459. The number of likely N-dealkylation sites (tertiary alicyclic amines) is 1. The lowest BCUT2D eigenvalue weighted by molar-refractivity contribution is -0.143. The molecule has 1 heterocycles. The van der Waals surface area contributed by atoms with Crippen LogP contribution >= 0.6 is 0 Å². The van der Waals surface area contributed by atoms with Crippen LogP contribution in [0, 0.1) is 0 Å². The van der Waals surface area contributed by atoms with Gasteiger partial charge in [-0.1, -0.05) is 12.1 Å². The summed E-state index contributed by atoms with van der Waals surface area (Å²) < 4.78 is 0. The number of anilines is 1. The van der Waals surface area contributed by atoms with E-state index in [2.05, 4.69) is 28.0 Å². The van der Waals surface area contributed by atoms with E-state index in [-0.39, 0.29) is 6.04 Å². The van der Waals surface area contributed by atoms with Crippen LogP contribution in [0.2, 0.25) is 0 Å². The molecule has 0 aromatic heterocycles. The highest BCUT2D eigenvalue weighted by Gasteiger charge is 2.32. The summed E-state index contributed by atoms with van der Waals surface area (Å²) in [5.41, 5.74) is 2.38. The van der Waals surface area contributed by atoms with Crippen LogP contribution in [0.5, 0.6) is 0 Å². The lowest BCUT2D eigenvalue weighted by Gasteiger charge is -2.29. The molecule has 0 saturated carbocycles. The molecule has 0 radical (unpaired) electrons. The van der Waals surface area contributed by atoms with E-state index < -0.39 is 12.0 Å². The van der Waals surface area contributed by atoms with E-state index >= 15 is 0 Å². The zero-order valence-corrected chi connectivity index (χ0v) is 11.8. The molecule has 0 bridgehead atoms. The van der Waals surface area contributed by atoms with Crippen molar-refractivity contribution in [3.63, 3.8) is 0 Å². The van der Waals surface area contributed by atoms with Crippen molar-refractivity contribution in [3.05, 3.63) is 29.8 Å². The van der Waals surface area contributed by atoms with Crippen LogP contribution in [-0.4, -0.2) is 42.7 Å². The summed E-state index contributed by atoms with van der Waals surface area (Å²) in [6, 6.07) is 8.19. The highest BCUT2D eigenvalue weighted by molar-refractivity contribution is 5.73. The molecule has 1 saturated heterocycles. The molecule has 4 heteroatoms. The number of carboxylic acids is 1. The van der Waals surface area contributed by atoms with Crippen molar-refractivity contribution in [2.45, 2.75) is 31.8 Å². The smallest absolute Gasteiger partial charge is 0.320 e. The molecule has 0 spiro atoms. The second kappa shape index (κ2) is 5.61. The zero-order chi connectivity index (χ0) is 14.0. The van der Waals surface area contributed by atoms with Crippen LogP contribution in [0.15, 0.2) is 24.3 Å². The van der Waals surface area contributed by atoms with E-state index in [0.29, 0.717) is 0 Å². The van der Waals surface area contributed by atoms with Gasteiger partial charge in [-0.05, 0) is 44.0 Å². The van der Waals surface area contributed by atoms with Gasteiger partial charge in [-0.2, -0.15) is 0 Å². The summed E-state index contributed by atoms with van der Waals surface area (Å²) in [5, 5.41) is 9.20. The summed E-state index contributed by atoms with van der Waals surface area (Å²) in [6.07, 6.45) is 2.10. The van der Waals surface area contributed by atoms with Gasteiger partial charge in [-0.25, -0.2) is 0 Å². The van der Waals surface area contributed by atoms with Crippen molar-refractivity contribution in [1.29, 1.82) is 0 Å². The average molecular weight is 262 g/mol. The third-order valence-corrected chi connectivity index (χ3v) is 3.92. The van der Waals surface area contributed by atoms with Gasteiger partial charge >= 0.3 is 5.97 Å². The van der Waals surface area contributed by atoms with Gasteiger partial charge in [0.25, 0.3) is 0 Å². The third kappa shape index (κ3) is 2.89. The fourth-order valence-corrected chi connectivity index (χ4v) is 2.76. The molecule has 1 N–H and O–H groups in total. The summed E-state index contributed by atoms with van der Waals surface area (Å²) >= 11 is 0. The first-order valence-electron chi connectivity index (χ1n) is 6.76. The van der Waals surface area contributed by atoms with Crippen molar-refractivity contribution in [2.75, 3.05) is 25.5 Å². The van der Waals surface area contributed by atoms with Crippen molar-refractivity contribution >= 4 is 11.7 Å². The molecule has 1 aliphatic heterocycles. The SMILES string of the molecule is CC(C(=O)O)N1CCCC1c1cccc(N(C)C)c1. The van der Waals surface area contributed by atoms with Crippen molar-refractivity contribution in [3.8, 4) is 0 Å². The number of carbonyl (C=O) groups is 1. The lowest BCUT2D eigenvalue weighted by Crippen LogP contribution is -2.38. The Kier molecular flexibility index (Phi) is 4.10. The Balaban J connectivity index is 2.25. The number of benzene rings is 1. The minimum absolute atomic E-state index is 0.228. The maximum absolute atomic E-state index is 11.2. The fourth-order valence-electron chi connectivity index (χ4n) is 2.76. The van der Waals surface area contributed by atoms with Gasteiger partial charge < -0.3 is 10.0 Å². The first-order chi connectivity index (χ1) is 9.00. The molecule has 0 aliphatic carbocycles. The Morgan fingerprint density at radius 3 is 2.84 bits per heavy atom. The quantitative estimate of drug-likeness (QED) is 0.904. The van der Waals surface area contributed by atoms with Crippen LogP contribution in [0.1, 0.15) is 31.4 Å². The molecule has 2 rings (SSSR count). The van der Waals surface area contributed by atoms with E-state index in [1.807, 2.05) is 20.2 Å². The molecule has 1 aromatic rings. The molecule has 0 amide bonds. The number of hydrogen-bond donors (Lipinski definition) is 1. The molecule has 1 aliphatic rings. The van der Waals surface area contributed by atoms with E-state index in [9.17, 15) is 9.90 Å². The van der Waals surface area contributed by atoms with Crippen molar-refractivity contribution < 1.29 is 9.90 Å². The lowest BCUT2D eigenvalue weighted by atomic mass is 10.0. The maximum atomic E-state index is 11.2. The number of rotatable bonds is 4. The number of carboxylic acid groups (broad SMARTS) is 1. The van der Waals surface area contributed by atoms with E-state index in [0.717, 1.165) is 25.1 Å². The Morgan fingerprint density at radius 1 is 1.47 bits per heavy atom. The zero-order valence-electron chi connectivity index (χ0n) is 11.8. The highest BCUT2D eigenvalue weighted by atomic mass is 16.4. The molecule has 2 atom stereocenters. The largest absolute Gasteiger partial charge is 0.480 e. The van der Waals surface area contributed by atoms with Crippen molar-refractivity contribution in [1.82, 2.24) is 4.90 Å². The second-order valence-electron chi connectivity index (χ2n) is 5.40. The van der Waals surface area contributed by atoms with Gasteiger partial charge in [0.15, 0.2) is 0 Å². The Hall–Kier alpha value is -1.55. The average Bonchev–Trinajstić information content (AvgIpc) is 2.86. The predicted octanol–water partition coefficient (Wildman–Crippen LogP) is 2.36. The molecule has 1 fully saturated rings. The van der Waals surface area contributed by atoms with E-state index in [4.69, 9.17) is 0 Å². The highest BCUT2D eigenvalue weighted by Crippen LogP contribution is 2.34. The molecular formula is C15H22N2O2. The first kappa shape index (κ1) is 13.9. The van der Waals surface area contributed by atoms with Gasteiger partial charge in [-0.15, -0.1) is 0 Å². The molecule has 104 valence electrons. The molecule has 4 nitrogen and oxygen atoms in total. The van der Waals surface area contributed by atoms with Crippen LogP contribution in [0.4, 0.5) is 5.69 Å². The standard InChI is InChI=1S/C15H22N2O2/c1-11(15(18)19)17-9-5-8-14(17)12-6-4-7-13(10-12)16(2)3/h4,6-7,10-11,14H,5,8-9H2,1-3H3,(H,18,19). The Labute approximate surface area is 114 Å². The number of nitrogens with zero attached hydrogens (tertiary/aromatic N) is 2. The summed E-state index contributed by atoms with van der Waals surface area (Å²) in [6.45, 7) is 2.64. The number of aliphatic carboxylic acids is 1. The first-order valence-corrected chi connectivity index (χ1v) is 6.76. The number of hydrogen-bond acceptors (Lipinski definition) is 3. The minimum Gasteiger partial charge on any atom is -0.480 e. The Morgan fingerprint density at radius 2 is 2.21 bits per heavy atom. The summed E-state index contributed by atoms with van der Waals surface area (Å²) in [4.78, 5) is 15.4. The minimum atomic E-state index is -0.740. The monoisotopic (exact) mass is 262 g/mol. The maximum Gasteiger partial charge on any atom is 0.320 e. The molecule has 19 heavy (non-hydrogen) atoms. The van der Waals surface area contributed by atoms with Gasteiger partial charge in [0.1, 0.15) is 6.04 Å². The summed E-state index contributed by atoms with van der Waals surface area (Å²) in [7, 11) is 4.04. The van der Waals surface area contributed by atoms with Crippen LogP contribution < -0.4 is 4.90 Å². The molecule has 1 aromatic carbocycles. The van der Waals surface area contributed by atoms with Gasteiger partial charge in [-0.3, -0.25) is 9.69 Å². The van der Waals surface area contributed by atoms with E-state index in [1.165, 1.54) is 5.56 Å². The van der Waals surface area contributed by atoms with Crippen LogP contribution in [-0.2, 0) is 4.79 Å². The van der Waals surface area contributed by atoms with Gasteiger partial charge in [0.05, 0.1) is 0 Å². The topological polar surface area (TPSA) is 43.8 Å². The van der Waals surface area contributed by atoms with Gasteiger partial charge in [0.2, 0.25) is 0 Å². The van der Waals surface area contributed by atoms with Crippen LogP contribution in [0.3, 0.4) is 0 Å². The van der Waals surface area contributed by atoms with Gasteiger partial charge in [0, 0.05) is 25.8 Å². The summed E-state index contributed by atoms with van der Waals surface area (Å²) in [5.74, 6) is -0.740. The van der Waals surface area contributed by atoms with Crippen molar-refractivity contribution in [2.24, 2.45) is 0 Å².